The van der Waals surface area contributed by atoms with Crippen LogP contribution in [0.1, 0.15) is 33.0 Å². The summed E-state index contributed by atoms with van der Waals surface area (Å²) in [6, 6.07) is 7.11. The summed E-state index contributed by atoms with van der Waals surface area (Å²) in [6.45, 7) is 4.02. The number of carbonyl (C=O) groups excluding carboxylic acids is 1. The molecule has 0 radical (unpaired) electrons. The average Bonchev–Trinajstić information content (AvgIpc) is 3.14. The first-order valence-electron chi connectivity index (χ1n) is 8.88. The van der Waals surface area contributed by atoms with Gasteiger partial charge in [-0.3, -0.25) is 24.3 Å². The molecule has 0 aliphatic heterocycles. The molecule has 0 N–H and O–H groups in total. The molecule has 0 aliphatic rings. The van der Waals surface area contributed by atoms with Crippen molar-refractivity contribution < 1.29 is 9.72 Å². The van der Waals surface area contributed by atoms with Crippen LogP contribution in [0.4, 0.5) is 5.69 Å². The molecule has 9 nitrogen and oxygen atoms in total. The number of nitro groups is 1. The molecule has 0 spiro atoms. The second-order valence-corrected chi connectivity index (χ2v) is 7.26. The number of halogens is 1. The molecular formula is C19H21ClN6O3. The van der Waals surface area contributed by atoms with Crippen molar-refractivity contribution in [1.29, 1.82) is 0 Å². The van der Waals surface area contributed by atoms with Gasteiger partial charge in [-0.15, -0.1) is 0 Å². The van der Waals surface area contributed by atoms with E-state index in [9.17, 15) is 14.9 Å². The average molecular weight is 417 g/mol. The lowest BCUT2D eigenvalue weighted by atomic mass is 10.1. The molecule has 3 rings (SSSR count). The number of benzene rings is 1. The van der Waals surface area contributed by atoms with Crippen molar-refractivity contribution in [3.05, 3.63) is 73.8 Å². The van der Waals surface area contributed by atoms with Crippen LogP contribution in [-0.4, -0.2) is 42.3 Å². The molecule has 0 saturated carbocycles. The summed E-state index contributed by atoms with van der Waals surface area (Å²) in [5.41, 5.74) is 3.10. The maximum absolute atomic E-state index is 12.7. The Morgan fingerprint density at radius 3 is 2.45 bits per heavy atom. The lowest BCUT2D eigenvalue weighted by molar-refractivity contribution is -0.386. The zero-order valence-electron chi connectivity index (χ0n) is 16.6. The van der Waals surface area contributed by atoms with Crippen LogP contribution >= 0.6 is 11.6 Å². The van der Waals surface area contributed by atoms with Crippen LogP contribution < -0.4 is 0 Å². The summed E-state index contributed by atoms with van der Waals surface area (Å²) in [7, 11) is 3.48. The van der Waals surface area contributed by atoms with Crippen LogP contribution in [0.5, 0.6) is 0 Å². The van der Waals surface area contributed by atoms with E-state index in [1.54, 1.807) is 60.5 Å². The number of hydrogen-bond acceptors (Lipinski definition) is 5. The van der Waals surface area contributed by atoms with Gasteiger partial charge in [-0.2, -0.15) is 10.2 Å². The van der Waals surface area contributed by atoms with E-state index >= 15 is 0 Å². The highest BCUT2D eigenvalue weighted by Crippen LogP contribution is 2.23. The van der Waals surface area contributed by atoms with Crippen LogP contribution in [0.15, 0.2) is 30.5 Å². The van der Waals surface area contributed by atoms with Crippen LogP contribution in [0.25, 0.3) is 0 Å². The van der Waals surface area contributed by atoms with Crippen LogP contribution in [-0.2, 0) is 20.1 Å². The smallest absolute Gasteiger partial charge is 0.312 e. The summed E-state index contributed by atoms with van der Waals surface area (Å²) >= 11 is 6.11. The summed E-state index contributed by atoms with van der Waals surface area (Å²) in [4.78, 5) is 25.0. The predicted octanol–water partition coefficient (Wildman–Crippen LogP) is 3.12. The fourth-order valence-electron chi connectivity index (χ4n) is 3.16. The standard InChI is InChI=1S/C19H21ClN6O3/c1-12-18(26(28)29)13(2)25(22-12)10-14-5-7-15(8-6-14)19(27)23(3)11-17-16(20)9-21-24(17)4/h5-9H,10-11H2,1-4H3. The summed E-state index contributed by atoms with van der Waals surface area (Å²) < 4.78 is 3.24. The minimum Gasteiger partial charge on any atom is -0.336 e. The van der Waals surface area contributed by atoms with Gasteiger partial charge in [0.05, 0.1) is 34.9 Å². The number of aromatic nitrogens is 4. The quantitative estimate of drug-likeness (QED) is 0.454. The van der Waals surface area contributed by atoms with Gasteiger partial charge in [-0.25, -0.2) is 0 Å². The van der Waals surface area contributed by atoms with E-state index in [0.717, 1.165) is 11.3 Å². The molecule has 29 heavy (non-hydrogen) atoms. The highest BCUT2D eigenvalue weighted by molar-refractivity contribution is 6.31. The first kappa shape index (κ1) is 20.5. The van der Waals surface area contributed by atoms with Crippen molar-refractivity contribution in [2.75, 3.05) is 7.05 Å². The molecule has 0 atom stereocenters. The van der Waals surface area contributed by atoms with Gasteiger partial charge in [0.15, 0.2) is 0 Å². The largest absolute Gasteiger partial charge is 0.336 e. The Kier molecular flexibility index (Phi) is 5.69. The molecular weight excluding hydrogens is 396 g/mol. The van der Waals surface area contributed by atoms with Gasteiger partial charge >= 0.3 is 5.69 Å². The summed E-state index contributed by atoms with van der Waals surface area (Å²) in [5, 5.41) is 20.0. The third-order valence-corrected chi connectivity index (χ3v) is 5.12. The number of carbonyl (C=O) groups is 1. The van der Waals surface area contributed by atoms with Gasteiger partial charge in [0.25, 0.3) is 5.91 Å². The Balaban J connectivity index is 1.72. The minimum atomic E-state index is -0.416. The van der Waals surface area contributed by atoms with Gasteiger partial charge in [0.1, 0.15) is 11.4 Å². The molecule has 152 valence electrons. The Morgan fingerprint density at radius 2 is 1.93 bits per heavy atom. The number of amides is 1. The molecule has 10 heteroatoms. The molecule has 3 aromatic rings. The van der Waals surface area contributed by atoms with E-state index in [4.69, 9.17) is 11.6 Å². The maximum Gasteiger partial charge on any atom is 0.312 e. The third kappa shape index (κ3) is 4.14. The second-order valence-electron chi connectivity index (χ2n) is 6.86. The van der Waals surface area contributed by atoms with Crippen LogP contribution in [0, 0.1) is 24.0 Å². The van der Waals surface area contributed by atoms with Crippen LogP contribution in [0.2, 0.25) is 5.02 Å². The van der Waals surface area contributed by atoms with Gasteiger partial charge in [-0.05, 0) is 31.5 Å². The normalized spacial score (nSPS) is 10.9. The second kappa shape index (κ2) is 8.04. The van der Waals surface area contributed by atoms with Crippen molar-refractivity contribution >= 4 is 23.2 Å². The number of hydrogen-bond donors (Lipinski definition) is 0. The Hall–Kier alpha value is -3.20. The van der Waals surface area contributed by atoms with Gasteiger partial charge in [0, 0.05) is 19.7 Å². The molecule has 0 fully saturated rings. The van der Waals surface area contributed by atoms with Gasteiger partial charge in [-0.1, -0.05) is 23.7 Å². The zero-order chi connectivity index (χ0) is 21.3. The van der Waals surface area contributed by atoms with Gasteiger partial charge in [0.2, 0.25) is 0 Å². The Bertz CT molecular complexity index is 1050. The molecule has 2 aromatic heterocycles. The molecule has 1 aromatic carbocycles. The van der Waals surface area contributed by atoms with E-state index in [2.05, 4.69) is 10.2 Å². The van der Waals surface area contributed by atoms with E-state index in [1.807, 2.05) is 12.1 Å². The summed E-state index contributed by atoms with van der Waals surface area (Å²) in [5.74, 6) is -0.143. The molecule has 0 unspecified atom stereocenters. The molecule has 1 amide bonds. The monoisotopic (exact) mass is 416 g/mol. The minimum absolute atomic E-state index is 0.0345. The fourth-order valence-corrected chi connectivity index (χ4v) is 3.39. The van der Waals surface area contributed by atoms with Crippen molar-refractivity contribution in [2.45, 2.75) is 26.9 Å². The lowest BCUT2D eigenvalue weighted by Gasteiger charge is -2.18. The van der Waals surface area contributed by atoms with E-state index < -0.39 is 4.92 Å². The molecule has 0 bridgehead atoms. The van der Waals surface area contributed by atoms with Crippen molar-refractivity contribution in [3.63, 3.8) is 0 Å². The Labute approximate surface area is 172 Å². The van der Waals surface area contributed by atoms with E-state index in [1.165, 1.54) is 0 Å². The number of nitrogens with zero attached hydrogens (tertiary/aromatic N) is 6. The maximum atomic E-state index is 12.7. The Morgan fingerprint density at radius 1 is 1.28 bits per heavy atom. The predicted molar refractivity (Wildman–Crippen MR) is 108 cm³/mol. The fraction of sp³-hybridized carbons (Fsp3) is 0.316. The van der Waals surface area contributed by atoms with Crippen molar-refractivity contribution in [3.8, 4) is 0 Å². The number of aryl methyl sites for hydroxylation is 2. The number of rotatable bonds is 6. The summed E-state index contributed by atoms with van der Waals surface area (Å²) in [6.07, 6.45) is 1.55. The first-order chi connectivity index (χ1) is 13.7. The van der Waals surface area contributed by atoms with Crippen LogP contribution in [0.3, 0.4) is 0 Å². The highest BCUT2D eigenvalue weighted by atomic mass is 35.5. The SMILES string of the molecule is Cc1nn(Cc2ccc(C(=O)N(C)Cc3c(Cl)cnn3C)cc2)c(C)c1[N+](=O)[O-]. The van der Waals surface area contributed by atoms with E-state index in [0.29, 0.717) is 35.1 Å². The first-order valence-corrected chi connectivity index (χ1v) is 9.26. The van der Waals surface area contributed by atoms with Crippen molar-refractivity contribution in [2.24, 2.45) is 7.05 Å². The molecule has 0 saturated heterocycles. The highest BCUT2D eigenvalue weighted by Gasteiger charge is 2.22. The van der Waals surface area contributed by atoms with E-state index in [-0.39, 0.29) is 11.6 Å². The topological polar surface area (TPSA) is 99.1 Å². The molecule has 0 aliphatic carbocycles. The molecule has 2 heterocycles. The zero-order valence-corrected chi connectivity index (χ0v) is 17.3. The third-order valence-electron chi connectivity index (χ3n) is 4.80. The van der Waals surface area contributed by atoms with Crippen molar-refractivity contribution in [1.82, 2.24) is 24.5 Å². The lowest BCUT2D eigenvalue weighted by Crippen LogP contribution is -2.27. The van der Waals surface area contributed by atoms with Gasteiger partial charge < -0.3 is 4.90 Å².